The van der Waals surface area contributed by atoms with Gasteiger partial charge in [-0.1, -0.05) is 23.7 Å². The van der Waals surface area contributed by atoms with E-state index < -0.39 is 0 Å². The third-order valence-electron chi connectivity index (χ3n) is 2.53. The number of pyridine rings is 1. The summed E-state index contributed by atoms with van der Waals surface area (Å²) in [6.07, 6.45) is 4.56. The Morgan fingerprint density at radius 3 is 2.75 bits per heavy atom. The number of halogens is 2. The molecule has 1 heterocycles. The van der Waals surface area contributed by atoms with Gasteiger partial charge in [0.05, 0.1) is 5.69 Å². The molecular formula is C15H12ClFN2O. The Morgan fingerprint density at radius 1 is 1.35 bits per heavy atom. The quantitative estimate of drug-likeness (QED) is 0.689. The molecule has 20 heavy (non-hydrogen) atoms. The van der Waals surface area contributed by atoms with Crippen LogP contribution in [0.15, 0.2) is 42.6 Å². The first kappa shape index (κ1) is 14.2. The summed E-state index contributed by atoms with van der Waals surface area (Å²) in [5.74, 6) is -0.646. The summed E-state index contributed by atoms with van der Waals surface area (Å²) in [4.78, 5) is 15.7. The Balaban J connectivity index is 2.05. The largest absolute Gasteiger partial charge is 0.320 e. The van der Waals surface area contributed by atoms with Crippen molar-refractivity contribution in [1.82, 2.24) is 4.98 Å². The molecule has 1 aromatic heterocycles. The normalized spacial score (nSPS) is 10.8. The predicted molar refractivity (Wildman–Crippen MR) is 78.0 cm³/mol. The van der Waals surface area contributed by atoms with Gasteiger partial charge >= 0.3 is 0 Å². The number of carbonyl (C=O) groups is 1. The zero-order chi connectivity index (χ0) is 14.5. The van der Waals surface area contributed by atoms with Gasteiger partial charge in [-0.15, -0.1) is 0 Å². The van der Waals surface area contributed by atoms with Gasteiger partial charge in [0.1, 0.15) is 5.82 Å². The summed E-state index contributed by atoms with van der Waals surface area (Å²) < 4.78 is 12.7. The molecule has 2 aromatic rings. The SMILES string of the molecule is Cc1cnc(Cl)c(NC(=O)/C=C/c2ccc(F)cc2)c1. The Bertz CT molecular complexity index is 653. The molecule has 0 atom stereocenters. The topological polar surface area (TPSA) is 42.0 Å². The van der Waals surface area contributed by atoms with E-state index in [2.05, 4.69) is 10.3 Å². The second-order valence-electron chi connectivity index (χ2n) is 4.23. The fourth-order valence-electron chi connectivity index (χ4n) is 1.56. The summed E-state index contributed by atoms with van der Waals surface area (Å²) in [7, 11) is 0. The van der Waals surface area contributed by atoms with Gasteiger partial charge in [0.25, 0.3) is 0 Å². The second kappa shape index (κ2) is 6.30. The van der Waals surface area contributed by atoms with Crippen LogP contribution in [-0.2, 0) is 4.79 Å². The molecule has 3 nitrogen and oxygen atoms in total. The summed E-state index contributed by atoms with van der Waals surface area (Å²) in [5, 5.41) is 2.87. The molecule has 0 aliphatic heterocycles. The zero-order valence-corrected chi connectivity index (χ0v) is 11.5. The first-order valence-corrected chi connectivity index (χ1v) is 6.29. The van der Waals surface area contributed by atoms with E-state index in [1.54, 1.807) is 30.5 Å². The van der Waals surface area contributed by atoms with E-state index in [0.29, 0.717) is 5.69 Å². The Labute approximate surface area is 121 Å². The molecule has 1 aromatic carbocycles. The highest BCUT2D eigenvalue weighted by Crippen LogP contribution is 2.19. The molecule has 5 heteroatoms. The van der Waals surface area contributed by atoms with E-state index in [0.717, 1.165) is 11.1 Å². The number of aromatic nitrogens is 1. The third-order valence-corrected chi connectivity index (χ3v) is 2.83. The van der Waals surface area contributed by atoms with Gasteiger partial charge in [-0.05, 0) is 42.3 Å². The number of hydrogen-bond acceptors (Lipinski definition) is 2. The summed E-state index contributed by atoms with van der Waals surface area (Å²) >= 11 is 5.88. The van der Waals surface area contributed by atoms with Crippen molar-refractivity contribution in [3.05, 3.63) is 64.7 Å². The van der Waals surface area contributed by atoms with Crippen molar-refractivity contribution in [3.8, 4) is 0 Å². The van der Waals surface area contributed by atoms with Gasteiger partial charge in [0, 0.05) is 12.3 Å². The summed E-state index contributed by atoms with van der Waals surface area (Å²) in [6, 6.07) is 7.57. The second-order valence-corrected chi connectivity index (χ2v) is 4.58. The number of amides is 1. The third kappa shape index (κ3) is 3.90. The Kier molecular flexibility index (Phi) is 4.48. The predicted octanol–water partition coefficient (Wildman–Crippen LogP) is 3.83. The van der Waals surface area contributed by atoms with Gasteiger partial charge in [-0.2, -0.15) is 0 Å². The standard InChI is InChI=1S/C15H12ClFN2O/c1-10-8-13(15(16)18-9-10)19-14(20)7-4-11-2-5-12(17)6-3-11/h2-9H,1H3,(H,19,20)/b7-4+. The minimum absolute atomic E-state index is 0.235. The Hall–Kier alpha value is -2.20. The average molecular weight is 291 g/mol. The van der Waals surface area contributed by atoms with E-state index in [4.69, 9.17) is 11.6 Å². The van der Waals surface area contributed by atoms with Crippen molar-refractivity contribution in [2.24, 2.45) is 0 Å². The van der Waals surface area contributed by atoms with Crippen molar-refractivity contribution >= 4 is 29.3 Å². The van der Waals surface area contributed by atoms with E-state index >= 15 is 0 Å². The lowest BCUT2D eigenvalue weighted by Gasteiger charge is -2.04. The van der Waals surface area contributed by atoms with Gasteiger partial charge in [0.15, 0.2) is 5.15 Å². The number of anilines is 1. The van der Waals surface area contributed by atoms with E-state index in [1.165, 1.54) is 18.2 Å². The van der Waals surface area contributed by atoms with Crippen LogP contribution in [0.25, 0.3) is 6.08 Å². The zero-order valence-electron chi connectivity index (χ0n) is 10.7. The van der Waals surface area contributed by atoms with Crippen LogP contribution in [0.1, 0.15) is 11.1 Å². The fourth-order valence-corrected chi connectivity index (χ4v) is 1.71. The Morgan fingerprint density at radius 2 is 2.05 bits per heavy atom. The van der Waals surface area contributed by atoms with E-state index in [-0.39, 0.29) is 16.9 Å². The van der Waals surface area contributed by atoms with Crippen LogP contribution < -0.4 is 5.32 Å². The van der Waals surface area contributed by atoms with E-state index in [9.17, 15) is 9.18 Å². The number of aryl methyl sites for hydroxylation is 1. The summed E-state index contributed by atoms with van der Waals surface area (Å²) in [6.45, 7) is 1.85. The average Bonchev–Trinajstić information content (AvgIpc) is 2.42. The fraction of sp³-hybridized carbons (Fsp3) is 0.0667. The smallest absolute Gasteiger partial charge is 0.248 e. The minimum atomic E-state index is -0.330. The number of nitrogens with zero attached hydrogens (tertiary/aromatic N) is 1. The van der Waals surface area contributed by atoms with Gasteiger partial charge in [0.2, 0.25) is 5.91 Å². The lowest BCUT2D eigenvalue weighted by atomic mass is 10.2. The monoisotopic (exact) mass is 290 g/mol. The molecule has 0 fully saturated rings. The molecular weight excluding hydrogens is 279 g/mol. The van der Waals surface area contributed by atoms with Gasteiger partial charge in [-0.25, -0.2) is 9.37 Å². The van der Waals surface area contributed by atoms with Gasteiger partial charge in [-0.3, -0.25) is 4.79 Å². The number of carbonyl (C=O) groups excluding carboxylic acids is 1. The van der Waals surface area contributed by atoms with Crippen LogP contribution in [0.5, 0.6) is 0 Å². The van der Waals surface area contributed by atoms with Crippen LogP contribution in [0.3, 0.4) is 0 Å². The number of nitrogens with one attached hydrogen (secondary N) is 1. The molecule has 0 radical (unpaired) electrons. The van der Waals surface area contributed by atoms with Gasteiger partial charge < -0.3 is 5.32 Å². The van der Waals surface area contributed by atoms with Crippen LogP contribution in [0, 0.1) is 12.7 Å². The van der Waals surface area contributed by atoms with Crippen molar-refractivity contribution in [1.29, 1.82) is 0 Å². The lowest BCUT2D eigenvalue weighted by Crippen LogP contribution is -2.08. The minimum Gasteiger partial charge on any atom is -0.320 e. The van der Waals surface area contributed by atoms with Crippen molar-refractivity contribution < 1.29 is 9.18 Å². The molecule has 2 rings (SSSR count). The maximum atomic E-state index is 12.7. The summed E-state index contributed by atoms with van der Waals surface area (Å²) in [5.41, 5.74) is 2.09. The van der Waals surface area contributed by atoms with Crippen LogP contribution in [0.4, 0.5) is 10.1 Å². The van der Waals surface area contributed by atoms with Crippen molar-refractivity contribution in [2.45, 2.75) is 6.92 Å². The number of rotatable bonds is 3. The highest BCUT2D eigenvalue weighted by atomic mass is 35.5. The first-order valence-electron chi connectivity index (χ1n) is 5.91. The van der Waals surface area contributed by atoms with Crippen molar-refractivity contribution in [3.63, 3.8) is 0 Å². The lowest BCUT2D eigenvalue weighted by molar-refractivity contribution is -0.111. The highest BCUT2D eigenvalue weighted by Gasteiger charge is 2.04. The maximum absolute atomic E-state index is 12.7. The molecule has 0 saturated carbocycles. The maximum Gasteiger partial charge on any atom is 0.248 e. The molecule has 0 saturated heterocycles. The first-order chi connectivity index (χ1) is 9.54. The highest BCUT2D eigenvalue weighted by molar-refractivity contribution is 6.32. The van der Waals surface area contributed by atoms with Crippen molar-refractivity contribution in [2.75, 3.05) is 5.32 Å². The molecule has 102 valence electrons. The molecule has 1 amide bonds. The molecule has 1 N–H and O–H groups in total. The van der Waals surface area contributed by atoms with E-state index in [1.807, 2.05) is 6.92 Å². The van der Waals surface area contributed by atoms with Crippen LogP contribution in [0.2, 0.25) is 5.15 Å². The molecule has 0 spiro atoms. The molecule has 0 bridgehead atoms. The molecule has 0 aliphatic carbocycles. The molecule has 0 aliphatic rings. The van der Waals surface area contributed by atoms with Crippen LogP contribution >= 0.6 is 11.6 Å². The molecule has 0 unspecified atom stereocenters. The number of benzene rings is 1. The van der Waals surface area contributed by atoms with Crippen LogP contribution in [-0.4, -0.2) is 10.9 Å². The number of hydrogen-bond donors (Lipinski definition) is 1.